The van der Waals surface area contributed by atoms with Gasteiger partial charge in [0.2, 0.25) is 17.7 Å². The van der Waals surface area contributed by atoms with E-state index in [1.165, 1.54) is 30.4 Å². The number of carbonyl (C=O) groups excluding carboxylic acids is 4. The van der Waals surface area contributed by atoms with Gasteiger partial charge in [-0.15, -0.1) is 11.3 Å². The summed E-state index contributed by atoms with van der Waals surface area (Å²) in [6.07, 6.45) is 6.77. The lowest BCUT2D eigenvalue weighted by molar-refractivity contribution is -0.149. The van der Waals surface area contributed by atoms with Gasteiger partial charge >= 0.3 is 5.97 Å². The van der Waals surface area contributed by atoms with E-state index < -0.39 is 18.1 Å². The predicted molar refractivity (Wildman–Crippen MR) is 254 cm³/mol. The van der Waals surface area contributed by atoms with E-state index in [9.17, 15) is 23.6 Å². The van der Waals surface area contributed by atoms with Crippen LogP contribution in [0.4, 0.5) is 4.39 Å². The van der Waals surface area contributed by atoms with Gasteiger partial charge in [-0.3, -0.25) is 24.1 Å². The molecule has 16 heteroatoms. The molecule has 3 heterocycles. The topological polar surface area (TPSA) is 146 Å². The van der Waals surface area contributed by atoms with Crippen molar-refractivity contribution < 1.29 is 28.3 Å². The van der Waals surface area contributed by atoms with Gasteiger partial charge in [0.05, 0.1) is 11.7 Å². The summed E-state index contributed by atoms with van der Waals surface area (Å²) in [5, 5.41) is 13.4. The summed E-state index contributed by atoms with van der Waals surface area (Å²) < 4.78 is 19.8. The SMILES string of the molecule is CCCN(C(=O)[C@@H](NC(=O)[C@H]1CCCCN1C)[C@@H](C)CC)[C@H](C[C@@H](OC(C)=O)c1nc(CN[C@@H](Cc2ccc(F)cc2)C[C@H](C)C(=O)NCCSSc2ccccn2)cs1)C(C)C. The Kier molecular flexibility index (Phi) is 22.3. The Bertz CT molecular complexity index is 1860. The van der Waals surface area contributed by atoms with Crippen molar-refractivity contribution in [3.8, 4) is 0 Å². The molecule has 0 unspecified atom stereocenters. The molecule has 12 nitrogen and oxygen atoms in total. The third kappa shape index (κ3) is 17.1. The quantitative estimate of drug-likeness (QED) is 0.0407. The number of carbonyl (C=O) groups is 4. The predicted octanol–water partition coefficient (Wildman–Crippen LogP) is 8.23. The molecule has 3 N–H and O–H groups in total. The van der Waals surface area contributed by atoms with E-state index in [4.69, 9.17) is 9.72 Å². The Hall–Kier alpha value is -3.57. The number of thiazole rings is 1. The molecule has 1 aliphatic rings. The maximum Gasteiger partial charge on any atom is 0.303 e. The third-order valence-corrected chi connectivity index (χ3v) is 14.9. The van der Waals surface area contributed by atoms with Gasteiger partial charge < -0.3 is 25.6 Å². The van der Waals surface area contributed by atoms with Gasteiger partial charge in [0.25, 0.3) is 0 Å². The number of piperidine rings is 1. The second-order valence-electron chi connectivity index (χ2n) is 17.1. The van der Waals surface area contributed by atoms with Crippen LogP contribution < -0.4 is 16.0 Å². The first-order valence-electron chi connectivity index (χ1n) is 22.6. The van der Waals surface area contributed by atoms with Crippen molar-refractivity contribution in [2.45, 2.75) is 142 Å². The molecule has 4 rings (SSSR count). The Morgan fingerprint density at radius 2 is 1.81 bits per heavy atom. The minimum absolute atomic E-state index is 0.00746. The molecule has 1 saturated heterocycles. The van der Waals surface area contributed by atoms with Crippen molar-refractivity contribution in [2.75, 3.05) is 32.4 Å². The lowest BCUT2D eigenvalue weighted by atomic mass is 9.92. The molecule has 3 amide bonds. The Labute approximate surface area is 386 Å². The summed E-state index contributed by atoms with van der Waals surface area (Å²) in [6, 6.07) is 10.8. The van der Waals surface area contributed by atoms with Crippen LogP contribution in [0.15, 0.2) is 59.1 Å². The highest BCUT2D eigenvalue weighted by molar-refractivity contribution is 8.76. The summed E-state index contributed by atoms with van der Waals surface area (Å²) >= 11 is 1.41. The van der Waals surface area contributed by atoms with Crippen molar-refractivity contribution in [2.24, 2.45) is 17.8 Å². The van der Waals surface area contributed by atoms with Crippen LogP contribution in [0.25, 0.3) is 0 Å². The molecular formula is C47H70FN7O5S3. The number of esters is 1. The normalized spacial score (nSPS) is 17.3. The van der Waals surface area contributed by atoms with E-state index in [0.29, 0.717) is 43.9 Å². The molecule has 1 aliphatic heterocycles. The number of likely N-dealkylation sites (N-methyl/N-ethyl adjacent to an activating group) is 1. The summed E-state index contributed by atoms with van der Waals surface area (Å²) in [5.74, 6) is -0.635. The summed E-state index contributed by atoms with van der Waals surface area (Å²) in [4.78, 5) is 67.4. The summed E-state index contributed by atoms with van der Waals surface area (Å²) in [6.45, 7) is 15.8. The van der Waals surface area contributed by atoms with Gasteiger partial charge in [-0.05, 0) is 98.2 Å². The molecule has 0 aliphatic carbocycles. The van der Waals surface area contributed by atoms with E-state index in [-0.39, 0.29) is 59.4 Å². The third-order valence-electron chi connectivity index (χ3n) is 11.7. The summed E-state index contributed by atoms with van der Waals surface area (Å²) in [7, 11) is 5.19. The number of pyridine rings is 1. The number of aromatic nitrogens is 2. The first kappa shape index (κ1) is 52.1. The molecule has 0 bridgehead atoms. The number of amides is 3. The maximum atomic E-state index is 14.7. The van der Waals surface area contributed by atoms with Crippen LogP contribution in [0.5, 0.6) is 0 Å². The largest absolute Gasteiger partial charge is 0.455 e. The zero-order chi connectivity index (χ0) is 45.9. The molecular weight excluding hydrogens is 858 g/mol. The van der Waals surface area contributed by atoms with Crippen molar-refractivity contribution in [3.05, 3.63) is 76.1 Å². The molecule has 7 atom stereocenters. The van der Waals surface area contributed by atoms with Gasteiger partial charge in [0.15, 0.2) is 6.10 Å². The van der Waals surface area contributed by atoms with E-state index in [2.05, 4.69) is 39.7 Å². The Morgan fingerprint density at radius 1 is 1.05 bits per heavy atom. The number of benzene rings is 1. The molecule has 0 saturated carbocycles. The van der Waals surface area contributed by atoms with Crippen LogP contribution in [0.1, 0.15) is 116 Å². The highest BCUT2D eigenvalue weighted by Crippen LogP contribution is 2.32. The smallest absolute Gasteiger partial charge is 0.303 e. The number of ether oxygens (including phenoxy) is 1. The van der Waals surface area contributed by atoms with Gasteiger partial charge in [-0.1, -0.05) is 83.4 Å². The molecule has 348 valence electrons. The molecule has 63 heavy (non-hydrogen) atoms. The monoisotopic (exact) mass is 927 g/mol. The standard InChI is InChI=1S/C47H70FN7O5S3/c1-9-23-55(47(59)43(32(5)10-2)53-45(58)39-15-12-14-24-54(39)8)40(31(3)4)28-41(60-34(7)56)46-52-38(30-61-46)29-51-37(27-35-17-19-36(48)20-18-35)26-33(6)44(57)50-22-25-62-63-42-16-11-13-21-49-42/h11,13,16-21,30-33,37,39-41,43,51H,9-10,12,14-15,22-29H2,1-8H3,(H,50,57)(H,53,58)/t32-,33-,37+,39+,40+,41+,43-/m0/s1. The van der Waals surface area contributed by atoms with Crippen LogP contribution in [0, 0.1) is 23.6 Å². The Morgan fingerprint density at radius 3 is 2.46 bits per heavy atom. The average Bonchev–Trinajstić information content (AvgIpc) is 3.75. The summed E-state index contributed by atoms with van der Waals surface area (Å²) in [5.41, 5.74) is 1.70. The van der Waals surface area contributed by atoms with Crippen molar-refractivity contribution in [3.63, 3.8) is 0 Å². The maximum absolute atomic E-state index is 14.7. The van der Waals surface area contributed by atoms with Gasteiger partial charge in [-0.2, -0.15) is 0 Å². The zero-order valence-electron chi connectivity index (χ0n) is 38.4. The fourth-order valence-electron chi connectivity index (χ4n) is 7.94. The van der Waals surface area contributed by atoms with Crippen LogP contribution in [-0.4, -0.2) is 100 Å². The second-order valence-corrected chi connectivity index (χ2v) is 20.5. The second kappa shape index (κ2) is 27.0. The van der Waals surface area contributed by atoms with Gasteiger partial charge in [-0.25, -0.2) is 14.4 Å². The molecule has 3 aromatic rings. The van der Waals surface area contributed by atoms with Crippen LogP contribution in [0.2, 0.25) is 0 Å². The molecule has 1 fully saturated rings. The van der Waals surface area contributed by atoms with E-state index in [0.717, 1.165) is 60.7 Å². The van der Waals surface area contributed by atoms with Crippen molar-refractivity contribution in [1.29, 1.82) is 0 Å². The number of nitrogens with zero attached hydrogens (tertiary/aromatic N) is 4. The lowest BCUT2D eigenvalue weighted by Gasteiger charge is -2.40. The fraction of sp³-hybridized carbons (Fsp3) is 0.617. The molecule has 1 aromatic carbocycles. The number of hydrogen-bond acceptors (Lipinski definition) is 12. The lowest BCUT2D eigenvalue weighted by Crippen LogP contribution is -2.58. The number of rotatable bonds is 26. The first-order chi connectivity index (χ1) is 30.2. The first-order valence-corrected chi connectivity index (χ1v) is 25.8. The fourth-order valence-corrected chi connectivity index (χ4v) is 10.6. The zero-order valence-corrected chi connectivity index (χ0v) is 40.9. The molecule has 0 radical (unpaired) electrons. The average molecular weight is 928 g/mol. The van der Waals surface area contributed by atoms with Crippen LogP contribution in [-0.2, 0) is 36.9 Å². The van der Waals surface area contributed by atoms with E-state index >= 15 is 0 Å². The van der Waals surface area contributed by atoms with Crippen LogP contribution in [0.3, 0.4) is 0 Å². The van der Waals surface area contributed by atoms with E-state index in [1.54, 1.807) is 39.9 Å². The molecule has 0 spiro atoms. The molecule has 2 aromatic heterocycles. The van der Waals surface area contributed by atoms with Gasteiger partial charge in [0.1, 0.15) is 21.9 Å². The number of nitrogens with one attached hydrogen (secondary N) is 3. The highest BCUT2D eigenvalue weighted by atomic mass is 33.1. The Balaban J connectivity index is 1.46. The highest BCUT2D eigenvalue weighted by Gasteiger charge is 2.38. The minimum atomic E-state index is -0.701. The number of halogens is 1. The number of hydrogen-bond donors (Lipinski definition) is 3. The van der Waals surface area contributed by atoms with Crippen molar-refractivity contribution >= 4 is 56.6 Å². The minimum Gasteiger partial charge on any atom is -0.455 e. The van der Waals surface area contributed by atoms with Gasteiger partial charge in [0, 0.05) is 68.3 Å². The van der Waals surface area contributed by atoms with Crippen LogP contribution >= 0.6 is 32.9 Å². The number of likely N-dealkylation sites (tertiary alicyclic amines) is 1. The van der Waals surface area contributed by atoms with Crippen molar-refractivity contribution in [1.82, 2.24) is 35.7 Å². The van der Waals surface area contributed by atoms with E-state index in [1.807, 2.05) is 63.2 Å².